The van der Waals surface area contributed by atoms with Gasteiger partial charge in [-0.1, -0.05) is 12.1 Å². The molecule has 1 heterocycles. The predicted molar refractivity (Wildman–Crippen MR) is 88.1 cm³/mol. The minimum atomic E-state index is -5.73. The molecule has 11 heteroatoms. The molecular formula is C15H16N2O7P2-4. The Labute approximate surface area is 150 Å². The van der Waals surface area contributed by atoms with E-state index >= 15 is 0 Å². The normalized spacial score (nSPS) is 12.5. The molecule has 9 nitrogen and oxygen atoms in total. The monoisotopic (exact) mass is 398 g/mol. The van der Waals surface area contributed by atoms with Gasteiger partial charge in [0.1, 0.15) is 11.6 Å². The summed E-state index contributed by atoms with van der Waals surface area (Å²) in [5.74, 6) is 0.433. The number of rotatable bonds is 7. The highest BCUT2D eigenvalue weighted by molar-refractivity contribution is 7.68. The molecule has 2 aromatic rings. The van der Waals surface area contributed by atoms with Gasteiger partial charge in [-0.3, -0.25) is 0 Å². The number of benzene rings is 1. The van der Waals surface area contributed by atoms with Crippen LogP contribution in [0.2, 0.25) is 0 Å². The number of hydrogen-bond acceptors (Lipinski definition) is 9. The highest BCUT2D eigenvalue weighted by atomic mass is 31.2. The molecule has 0 unspecified atom stereocenters. The lowest BCUT2D eigenvalue weighted by Gasteiger charge is -2.49. The molecule has 1 aromatic carbocycles. The van der Waals surface area contributed by atoms with Crippen LogP contribution in [0.4, 0.5) is 5.82 Å². The van der Waals surface area contributed by atoms with E-state index in [4.69, 9.17) is 4.74 Å². The largest absolute Gasteiger partial charge is 0.809 e. The van der Waals surface area contributed by atoms with Gasteiger partial charge in [0.15, 0.2) is 0 Å². The van der Waals surface area contributed by atoms with Crippen molar-refractivity contribution in [2.45, 2.75) is 25.5 Å². The molecule has 142 valence electrons. The van der Waals surface area contributed by atoms with E-state index in [0.717, 1.165) is 0 Å². The fourth-order valence-electron chi connectivity index (χ4n) is 2.15. The Morgan fingerprint density at radius 1 is 0.962 bits per heavy atom. The maximum Gasteiger partial charge on any atom is 0.127 e. The molecule has 0 saturated heterocycles. The van der Waals surface area contributed by atoms with Crippen molar-refractivity contribution in [3.05, 3.63) is 42.6 Å². The van der Waals surface area contributed by atoms with E-state index in [9.17, 15) is 28.7 Å². The van der Waals surface area contributed by atoms with Crippen molar-refractivity contribution < 1.29 is 33.4 Å². The second-order valence-electron chi connectivity index (χ2n) is 5.72. The topological polar surface area (TPSA) is 161 Å². The summed E-state index contributed by atoms with van der Waals surface area (Å²) in [7, 11) is -11.5. The first kappa shape index (κ1) is 20.6. The van der Waals surface area contributed by atoms with Crippen LogP contribution in [0, 0.1) is 0 Å². The Bertz CT molecular complexity index is 823. The Hall–Kier alpha value is -1.73. The summed E-state index contributed by atoms with van der Waals surface area (Å²) in [4.78, 5) is 48.0. The van der Waals surface area contributed by atoms with Gasteiger partial charge in [0.05, 0.1) is 11.6 Å². The molecule has 0 amide bonds. The van der Waals surface area contributed by atoms with Crippen molar-refractivity contribution in [3.63, 3.8) is 0 Å². The predicted octanol–water partition coefficient (Wildman–Crippen LogP) is 0.0587. The van der Waals surface area contributed by atoms with Crippen molar-refractivity contribution in [2.75, 3.05) is 5.32 Å². The maximum absolute atomic E-state index is 11.1. The fourth-order valence-corrected chi connectivity index (χ4v) is 4.12. The lowest BCUT2D eigenvalue weighted by Crippen LogP contribution is -2.39. The second-order valence-corrected chi connectivity index (χ2v) is 9.32. The molecule has 0 aliphatic heterocycles. The summed E-state index contributed by atoms with van der Waals surface area (Å²) in [6.07, 6.45) is 1.30. The number of aromatic nitrogens is 1. The minimum Gasteiger partial charge on any atom is -0.809 e. The quantitative estimate of drug-likeness (QED) is 0.636. The summed E-state index contributed by atoms with van der Waals surface area (Å²) in [6.45, 7) is 3.78. The number of hydrogen-bond donors (Lipinski definition) is 1. The summed E-state index contributed by atoms with van der Waals surface area (Å²) < 4.78 is 27.6. The molecule has 1 N–H and O–H groups in total. The smallest absolute Gasteiger partial charge is 0.127 e. The molecular weight excluding hydrogens is 382 g/mol. The zero-order chi connectivity index (χ0) is 19.5. The molecule has 0 saturated carbocycles. The molecule has 0 atom stereocenters. The number of anilines is 1. The van der Waals surface area contributed by atoms with Gasteiger partial charge in [0.2, 0.25) is 0 Å². The molecule has 1 aromatic heterocycles. The summed E-state index contributed by atoms with van der Waals surface area (Å²) in [5, 5.41) is 1.89. The summed E-state index contributed by atoms with van der Waals surface area (Å²) in [5.41, 5.74) is -1.53. The van der Waals surface area contributed by atoms with Crippen LogP contribution in [0.15, 0.2) is 42.6 Å². The molecule has 26 heavy (non-hydrogen) atoms. The third-order valence-electron chi connectivity index (χ3n) is 3.20. The number of pyridine rings is 1. The van der Waals surface area contributed by atoms with E-state index in [1.165, 1.54) is 12.3 Å². The Balaban J connectivity index is 2.27. The Kier molecular flexibility index (Phi) is 6.24. The zero-order valence-corrected chi connectivity index (χ0v) is 15.7. The zero-order valence-electron chi connectivity index (χ0n) is 13.9. The van der Waals surface area contributed by atoms with Gasteiger partial charge < -0.3 is 38.8 Å². The Morgan fingerprint density at radius 3 is 2.04 bits per heavy atom. The maximum atomic E-state index is 11.1. The first-order valence-corrected chi connectivity index (χ1v) is 10.7. The van der Waals surface area contributed by atoms with E-state index in [1.54, 1.807) is 30.3 Å². The average molecular weight is 398 g/mol. The summed E-state index contributed by atoms with van der Waals surface area (Å²) in [6, 6.07) is 9.88. The third kappa shape index (κ3) is 5.64. The SMILES string of the molecule is CC(C)Oc1ccc(-c2ccnc(NC(P(=O)([O-])[O-])P(=O)([O-])[O-])c2)cc1. The molecule has 2 rings (SSSR count). The van der Waals surface area contributed by atoms with Gasteiger partial charge in [-0.2, -0.15) is 0 Å². The van der Waals surface area contributed by atoms with E-state index in [-0.39, 0.29) is 11.9 Å². The number of nitrogens with one attached hydrogen (secondary N) is 1. The second kappa shape index (κ2) is 7.88. The highest BCUT2D eigenvalue weighted by Gasteiger charge is 2.17. The van der Waals surface area contributed by atoms with Crippen molar-refractivity contribution in [3.8, 4) is 16.9 Å². The fraction of sp³-hybridized carbons (Fsp3) is 0.267. The van der Waals surface area contributed by atoms with Crippen LogP contribution in [0.3, 0.4) is 0 Å². The van der Waals surface area contributed by atoms with Crippen LogP contribution in [-0.4, -0.2) is 16.6 Å². The molecule has 0 aliphatic carbocycles. The molecule has 0 fully saturated rings. The molecule has 0 aliphatic rings. The first-order valence-electron chi connectivity index (χ1n) is 7.50. The number of nitrogens with zero attached hydrogens (tertiary/aromatic N) is 1. The van der Waals surface area contributed by atoms with Crippen LogP contribution in [0.5, 0.6) is 5.75 Å². The highest BCUT2D eigenvalue weighted by Crippen LogP contribution is 2.49. The van der Waals surface area contributed by atoms with Gasteiger partial charge >= 0.3 is 0 Å². The van der Waals surface area contributed by atoms with E-state index in [1.807, 2.05) is 19.2 Å². The molecule has 0 spiro atoms. The lowest BCUT2D eigenvalue weighted by molar-refractivity contribution is -0.328. The molecule has 0 radical (unpaired) electrons. The van der Waals surface area contributed by atoms with E-state index < -0.39 is 20.7 Å². The van der Waals surface area contributed by atoms with E-state index in [2.05, 4.69) is 4.98 Å². The van der Waals surface area contributed by atoms with Crippen molar-refractivity contribution in [2.24, 2.45) is 0 Å². The summed E-state index contributed by atoms with van der Waals surface area (Å²) >= 11 is 0. The van der Waals surface area contributed by atoms with E-state index in [0.29, 0.717) is 16.9 Å². The lowest BCUT2D eigenvalue weighted by atomic mass is 10.1. The minimum absolute atomic E-state index is 0.0132. The van der Waals surface area contributed by atoms with Crippen molar-refractivity contribution in [1.82, 2.24) is 4.98 Å². The van der Waals surface area contributed by atoms with Gasteiger partial charge in [-0.25, -0.2) is 4.98 Å². The van der Waals surface area contributed by atoms with Gasteiger partial charge in [0.25, 0.3) is 0 Å². The average Bonchev–Trinajstić information content (AvgIpc) is 2.51. The standard InChI is InChI=1S/C15H20N2O7P2/c1-10(2)24-13-5-3-11(4-6-13)12-7-8-16-14(9-12)17-15(25(18,19)20)26(21,22)23/h3-10,15H,1-2H3,(H,16,17)(H2,18,19,20)(H2,21,22,23)/p-4. The van der Waals surface area contributed by atoms with Gasteiger partial charge in [0, 0.05) is 6.20 Å². The number of ether oxygens (including phenoxy) is 1. The van der Waals surface area contributed by atoms with Gasteiger partial charge in [-0.05, 0) is 64.4 Å². The molecule has 0 bridgehead atoms. The van der Waals surface area contributed by atoms with Crippen LogP contribution in [0.25, 0.3) is 11.1 Å². The Morgan fingerprint density at radius 2 is 1.54 bits per heavy atom. The van der Waals surface area contributed by atoms with Crippen LogP contribution < -0.4 is 29.6 Å². The van der Waals surface area contributed by atoms with Gasteiger partial charge in [-0.15, -0.1) is 0 Å². The van der Waals surface area contributed by atoms with Crippen LogP contribution >= 0.6 is 15.2 Å². The third-order valence-corrected chi connectivity index (χ3v) is 6.35. The van der Waals surface area contributed by atoms with Crippen molar-refractivity contribution in [1.29, 1.82) is 0 Å². The first-order chi connectivity index (χ1) is 12.0. The van der Waals surface area contributed by atoms with Crippen LogP contribution in [0.1, 0.15) is 13.8 Å². The van der Waals surface area contributed by atoms with Crippen molar-refractivity contribution >= 4 is 21.0 Å². The van der Waals surface area contributed by atoms with Crippen LogP contribution in [-0.2, 0) is 9.13 Å².